The molecule has 1 aliphatic heterocycles. The fraction of sp³-hybridized carbons (Fsp3) is 0.500. The van der Waals surface area contributed by atoms with E-state index in [4.69, 9.17) is 27.7 Å². The Labute approximate surface area is 116 Å². The van der Waals surface area contributed by atoms with Crippen molar-refractivity contribution >= 4 is 30.9 Å². The van der Waals surface area contributed by atoms with Gasteiger partial charge in [-0.2, -0.15) is 0 Å². The van der Waals surface area contributed by atoms with Gasteiger partial charge in [0.15, 0.2) is 5.75 Å². The first kappa shape index (κ1) is 14.1. The molecule has 8 heteroatoms. The van der Waals surface area contributed by atoms with Gasteiger partial charge in [-0.15, -0.1) is 23.2 Å². The number of alkyl halides is 2. The van der Waals surface area contributed by atoms with Gasteiger partial charge in [-0.25, -0.2) is 14.3 Å². The standard InChI is InChI=1S/C10H14Cl2N3O2P/c11-2-5-15(6-3-12)18(16)14-7-9-1-4-13-8-10(9)17-18/h1,4,8H,2-3,5-7H2,(H,14,16). The van der Waals surface area contributed by atoms with Crippen LogP contribution in [0.5, 0.6) is 5.75 Å². The van der Waals surface area contributed by atoms with E-state index in [9.17, 15) is 4.57 Å². The quantitative estimate of drug-likeness (QED) is 0.669. The van der Waals surface area contributed by atoms with Crippen LogP contribution in [0.1, 0.15) is 5.56 Å². The third kappa shape index (κ3) is 2.98. The maximum atomic E-state index is 12.7. The molecule has 0 spiro atoms. The van der Waals surface area contributed by atoms with Crippen molar-refractivity contribution in [3.05, 3.63) is 24.0 Å². The van der Waals surface area contributed by atoms with E-state index in [0.717, 1.165) is 5.56 Å². The van der Waals surface area contributed by atoms with Gasteiger partial charge in [-0.05, 0) is 6.07 Å². The lowest BCUT2D eigenvalue weighted by Gasteiger charge is -2.33. The number of hydrogen-bond donors (Lipinski definition) is 1. The van der Waals surface area contributed by atoms with E-state index in [0.29, 0.717) is 37.1 Å². The van der Waals surface area contributed by atoms with Gasteiger partial charge in [-0.3, -0.25) is 4.98 Å². The number of rotatable bonds is 5. The van der Waals surface area contributed by atoms with E-state index < -0.39 is 7.67 Å². The summed E-state index contributed by atoms with van der Waals surface area (Å²) in [5.41, 5.74) is 0.938. The molecule has 1 N–H and O–H groups in total. The van der Waals surface area contributed by atoms with Crippen LogP contribution >= 0.6 is 30.9 Å². The van der Waals surface area contributed by atoms with Gasteiger partial charge in [0.2, 0.25) is 0 Å². The van der Waals surface area contributed by atoms with Crippen LogP contribution in [0, 0.1) is 0 Å². The predicted molar refractivity (Wildman–Crippen MR) is 72.3 cm³/mol. The average molecular weight is 310 g/mol. The minimum Gasteiger partial charge on any atom is -0.420 e. The van der Waals surface area contributed by atoms with Crippen LogP contribution in [0.25, 0.3) is 0 Å². The zero-order chi connectivity index (χ0) is 13.0. The van der Waals surface area contributed by atoms with Crippen molar-refractivity contribution in [2.45, 2.75) is 6.54 Å². The summed E-state index contributed by atoms with van der Waals surface area (Å²) in [6, 6.07) is 1.83. The highest BCUT2D eigenvalue weighted by molar-refractivity contribution is 7.54. The molecule has 18 heavy (non-hydrogen) atoms. The fourth-order valence-electron chi connectivity index (χ4n) is 1.72. The van der Waals surface area contributed by atoms with Gasteiger partial charge in [0, 0.05) is 43.2 Å². The number of nitrogens with one attached hydrogen (secondary N) is 1. The molecule has 0 saturated carbocycles. The minimum atomic E-state index is -3.11. The molecule has 1 unspecified atom stereocenters. The van der Waals surface area contributed by atoms with Gasteiger partial charge in [0.25, 0.3) is 0 Å². The Kier molecular flexibility index (Phi) is 4.87. The number of halogens is 2. The SMILES string of the molecule is O=P1(N(CCCl)CCCl)NCc2ccncc2O1. The molecule has 2 heterocycles. The molecule has 0 fully saturated rings. The number of nitrogens with zero attached hydrogens (tertiary/aromatic N) is 2. The van der Waals surface area contributed by atoms with Crippen molar-refractivity contribution in [2.24, 2.45) is 0 Å². The molecule has 0 saturated heterocycles. The lowest BCUT2D eigenvalue weighted by molar-refractivity contribution is 0.348. The Hall–Kier alpha value is -0.320. The Bertz CT molecular complexity index is 455. The molecule has 0 aromatic carbocycles. The van der Waals surface area contributed by atoms with Crippen molar-refractivity contribution in [1.82, 2.24) is 14.7 Å². The van der Waals surface area contributed by atoms with Crippen LogP contribution in [0.3, 0.4) is 0 Å². The molecule has 1 aromatic heterocycles. The Morgan fingerprint density at radius 1 is 1.44 bits per heavy atom. The summed E-state index contributed by atoms with van der Waals surface area (Å²) in [4.78, 5) is 3.97. The molecule has 5 nitrogen and oxygen atoms in total. The Morgan fingerprint density at radius 2 is 2.17 bits per heavy atom. The molecular formula is C10H14Cl2N3O2P. The summed E-state index contributed by atoms with van der Waals surface area (Å²) in [6.45, 7) is 1.39. The van der Waals surface area contributed by atoms with Crippen LogP contribution in [-0.4, -0.2) is 34.5 Å². The summed E-state index contributed by atoms with van der Waals surface area (Å²) in [5, 5.41) is 2.94. The van der Waals surface area contributed by atoms with Crippen molar-refractivity contribution in [1.29, 1.82) is 0 Å². The van der Waals surface area contributed by atoms with Crippen molar-refractivity contribution in [3.63, 3.8) is 0 Å². The second kappa shape index (κ2) is 6.22. The molecule has 0 bridgehead atoms. The lowest BCUT2D eigenvalue weighted by Crippen LogP contribution is -2.35. The maximum absolute atomic E-state index is 12.7. The number of fused-ring (bicyclic) bond motifs is 1. The molecule has 0 radical (unpaired) electrons. The van der Waals surface area contributed by atoms with Crippen molar-refractivity contribution < 1.29 is 9.09 Å². The summed E-state index contributed by atoms with van der Waals surface area (Å²) >= 11 is 11.4. The predicted octanol–water partition coefficient (Wildman–Crippen LogP) is 2.45. The third-order valence-corrected chi connectivity index (χ3v) is 5.10. The Morgan fingerprint density at radius 3 is 2.83 bits per heavy atom. The number of hydrogen-bond acceptors (Lipinski definition) is 3. The highest BCUT2D eigenvalue weighted by Crippen LogP contribution is 2.50. The molecular weight excluding hydrogens is 296 g/mol. The van der Waals surface area contributed by atoms with Crippen LogP contribution in [-0.2, 0) is 11.1 Å². The first-order valence-corrected chi connectivity index (χ1v) is 8.19. The van der Waals surface area contributed by atoms with Crippen LogP contribution in [0.2, 0.25) is 0 Å². The highest BCUT2D eigenvalue weighted by Gasteiger charge is 2.36. The molecule has 0 aliphatic carbocycles. The van der Waals surface area contributed by atoms with Crippen molar-refractivity contribution in [2.75, 3.05) is 24.8 Å². The monoisotopic (exact) mass is 309 g/mol. The van der Waals surface area contributed by atoms with Gasteiger partial charge in [0.1, 0.15) is 0 Å². The highest BCUT2D eigenvalue weighted by atomic mass is 35.5. The first-order chi connectivity index (χ1) is 8.69. The van der Waals surface area contributed by atoms with Gasteiger partial charge in [0.05, 0.1) is 6.20 Å². The minimum absolute atomic E-state index is 0.367. The summed E-state index contributed by atoms with van der Waals surface area (Å²) < 4.78 is 20.0. The smallest absolute Gasteiger partial charge is 0.393 e. The topological polar surface area (TPSA) is 54.5 Å². The first-order valence-electron chi connectivity index (χ1n) is 5.54. The van der Waals surface area contributed by atoms with E-state index in [1.165, 1.54) is 0 Å². The Balaban J connectivity index is 2.20. The van der Waals surface area contributed by atoms with Crippen LogP contribution in [0.4, 0.5) is 0 Å². The third-order valence-electron chi connectivity index (χ3n) is 2.62. The summed E-state index contributed by atoms with van der Waals surface area (Å²) in [7, 11) is -3.11. The van der Waals surface area contributed by atoms with E-state index >= 15 is 0 Å². The largest absolute Gasteiger partial charge is 0.420 e. The maximum Gasteiger partial charge on any atom is 0.393 e. The van der Waals surface area contributed by atoms with E-state index in [1.807, 2.05) is 6.07 Å². The van der Waals surface area contributed by atoms with Gasteiger partial charge < -0.3 is 4.52 Å². The van der Waals surface area contributed by atoms with Gasteiger partial charge in [-0.1, -0.05) is 0 Å². The van der Waals surface area contributed by atoms with E-state index in [1.54, 1.807) is 17.1 Å². The lowest BCUT2D eigenvalue weighted by atomic mass is 10.2. The van der Waals surface area contributed by atoms with Gasteiger partial charge >= 0.3 is 7.67 Å². The normalized spacial score (nSPS) is 22.6. The average Bonchev–Trinajstić information content (AvgIpc) is 2.38. The van der Waals surface area contributed by atoms with Crippen LogP contribution in [0.15, 0.2) is 18.5 Å². The molecule has 1 aliphatic rings. The molecule has 1 aromatic rings. The second-order valence-corrected chi connectivity index (χ2v) is 6.62. The second-order valence-electron chi connectivity index (χ2n) is 3.76. The fourth-order valence-corrected chi connectivity index (χ4v) is 4.27. The molecule has 2 rings (SSSR count). The van der Waals surface area contributed by atoms with Crippen molar-refractivity contribution in [3.8, 4) is 5.75 Å². The molecule has 1 atom stereocenters. The zero-order valence-corrected chi connectivity index (χ0v) is 12.1. The van der Waals surface area contributed by atoms with E-state index in [2.05, 4.69) is 10.1 Å². The van der Waals surface area contributed by atoms with E-state index in [-0.39, 0.29) is 0 Å². The number of pyridine rings is 1. The molecule has 0 amide bonds. The number of aromatic nitrogens is 1. The zero-order valence-electron chi connectivity index (χ0n) is 9.68. The molecule has 100 valence electrons. The summed E-state index contributed by atoms with van der Waals surface area (Å²) in [6.07, 6.45) is 3.25. The summed E-state index contributed by atoms with van der Waals surface area (Å²) in [5.74, 6) is 1.28. The van der Waals surface area contributed by atoms with Crippen LogP contribution < -0.4 is 9.61 Å².